The molecule has 128 valence electrons. The lowest BCUT2D eigenvalue weighted by Crippen LogP contribution is -2.50. The molecule has 1 N–H and O–H groups in total. The summed E-state index contributed by atoms with van der Waals surface area (Å²) in [5.41, 5.74) is 1.03. The van der Waals surface area contributed by atoms with Crippen LogP contribution in [0.4, 0.5) is 0 Å². The molecule has 2 atom stereocenters. The fraction of sp³-hybridized carbons (Fsp3) is 0.588. The third kappa shape index (κ3) is 5.04. The quantitative estimate of drug-likeness (QED) is 0.864. The zero-order chi connectivity index (χ0) is 16.9. The maximum absolute atomic E-state index is 12.7. The first-order valence-electron chi connectivity index (χ1n) is 8.24. The van der Waals surface area contributed by atoms with Crippen LogP contribution in [0.3, 0.4) is 0 Å². The lowest BCUT2D eigenvalue weighted by molar-refractivity contribution is -0.121. The third-order valence-electron chi connectivity index (χ3n) is 4.29. The van der Waals surface area contributed by atoms with Crippen LogP contribution in [0.5, 0.6) is 0 Å². The number of nitrogens with zero attached hydrogens (tertiary/aromatic N) is 1. The van der Waals surface area contributed by atoms with Gasteiger partial charge in [0.05, 0.1) is 5.75 Å². The average molecular weight is 338 g/mol. The highest BCUT2D eigenvalue weighted by atomic mass is 32.2. The first kappa shape index (κ1) is 17.9. The molecule has 0 unspecified atom stereocenters. The van der Waals surface area contributed by atoms with Crippen molar-refractivity contribution >= 4 is 15.9 Å². The molecular weight excluding hydrogens is 312 g/mol. The zero-order valence-electron chi connectivity index (χ0n) is 13.9. The van der Waals surface area contributed by atoms with E-state index in [-0.39, 0.29) is 23.6 Å². The lowest BCUT2D eigenvalue weighted by Gasteiger charge is -2.33. The van der Waals surface area contributed by atoms with Crippen LogP contribution < -0.4 is 5.32 Å². The van der Waals surface area contributed by atoms with Gasteiger partial charge in [-0.05, 0) is 24.3 Å². The predicted molar refractivity (Wildman–Crippen MR) is 91.7 cm³/mol. The predicted octanol–water partition coefficient (Wildman–Crippen LogP) is 2.11. The maximum Gasteiger partial charge on any atom is 0.219 e. The van der Waals surface area contributed by atoms with Crippen LogP contribution >= 0.6 is 0 Å². The molecule has 1 aromatic rings. The molecule has 0 aromatic heterocycles. The molecule has 1 heterocycles. The van der Waals surface area contributed by atoms with E-state index in [0.717, 1.165) is 18.4 Å². The molecule has 0 bridgehead atoms. The first-order chi connectivity index (χ1) is 10.9. The van der Waals surface area contributed by atoms with E-state index in [0.29, 0.717) is 19.5 Å². The molecule has 5 nitrogen and oxygen atoms in total. The zero-order valence-corrected chi connectivity index (χ0v) is 14.7. The van der Waals surface area contributed by atoms with Crippen LogP contribution in [-0.2, 0) is 14.8 Å². The molecule has 6 heteroatoms. The number of piperidine rings is 1. The van der Waals surface area contributed by atoms with E-state index in [1.807, 2.05) is 37.3 Å². The smallest absolute Gasteiger partial charge is 0.219 e. The van der Waals surface area contributed by atoms with Gasteiger partial charge in [-0.2, -0.15) is 4.31 Å². The molecule has 1 aliphatic rings. The Morgan fingerprint density at radius 3 is 2.70 bits per heavy atom. The molecule has 1 fully saturated rings. The van der Waals surface area contributed by atoms with Crippen molar-refractivity contribution in [2.75, 3.05) is 18.8 Å². The second kappa shape index (κ2) is 7.93. The molecule has 1 aromatic carbocycles. The summed E-state index contributed by atoms with van der Waals surface area (Å²) in [6, 6.07) is 9.63. The van der Waals surface area contributed by atoms with Crippen molar-refractivity contribution < 1.29 is 13.2 Å². The van der Waals surface area contributed by atoms with Crippen molar-refractivity contribution in [2.24, 2.45) is 0 Å². The minimum atomic E-state index is -3.32. The second-order valence-electron chi connectivity index (χ2n) is 6.21. The molecule has 0 radical (unpaired) electrons. The fourth-order valence-electron chi connectivity index (χ4n) is 2.94. The normalized spacial score (nSPS) is 20.9. The summed E-state index contributed by atoms with van der Waals surface area (Å²) in [5, 5.41) is 2.91. The van der Waals surface area contributed by atoms with Crippen molar-refractivity contribution in [2.45, 2.75) is 45.1 Å². The summed E-state index contributed by atoms with van der Waals surface area (Å²) >= 11 is 0. The Bertz CT molecular complexity index is 616. The summed E-state index contributed by atoms with van der Waals surface area (Å²) in [6.07, 6.45) is 2.05. The average Bonchev–Trinajstić information content (AvgIpc) is 2.55. The lowest BCUT2D eigenvalue weighted by atomic mass is 10.0. The van der Waals surface area contributed by atoms with Crippen molar-refractivity contribution in [1.29, 1.82) is 0 Å². The Balaban J connectivity index is 1.99. The summed E-state index contributed by atoms with van der Waals surface area (Å²) in [6.45, 7) is 4.67. The molecule has 1 saturated heterocycles. The van der Waals surface area contributed by atoms with Crippen molar-refractivity contribution in [1.82, 2.24) is 9.62 Å². The van der Waals surface area contributed by atoms with E-state index in [9.17, 15) is 13.2 Å². The molecule has 1 aliphatic heterocycles. The summed E-state index contributed by atoms with van der Waals surface area (Å²) in [5.74, 6) is 0.0320. The minimum Gasteiger partial charge on any atom is -0.352 e. The van der Waals surface area contributed by atoms with Crippen LogP contribution in [0.15, 0.2) is 30.3 Å². The Morgan fingerprint density at radius 1 is 1.35 bits per heavy atom. The van der Waals surface area contributed by atoms with Gasteiger partial charge in [0.2, 0.25) is 15.9 Å². The Labute approximate surface area is 139 Å². The van der Waals surface area contributed by atoms with Gasteiger partial charge in [-0.3, -0.25) is 4.79 Å². The molecule has 23 heavy (non-hydrogen) atoms. The summed E-state index contributed by atoms with van der Waals surface area (Å²) < 4.78 is 26.9. The van der Waals surface area contributed by atoms with Crippen LogP contribution in [0.1, 0.15) is 44.6 Å². The molecule has 0 spiro atoms. The number of benzene rings is 1. The van der Waals surface area contributed by atoms with E-state index >= 15 is 0 Å². The van der Waals surface area contributed by atoms with Gasteiger partial charge in [-0.1, -0.05) is 44.2 Å². The topological polar surface area (TPSA) is 66.5 Å². The number of hydrogen-bond donors (Lipinski definition) is 1. The van der Waals surface area contributed by atoms with Crippen LogP contribution in [0.25, 0.3) is 0 Å². The number of hydrogen-bond acceptors (Lipinski definition) is 3. The van der Waals surface area contributed by atoms with Gasteiger partial charge < -0.3 is 5.32 Å². The summed E-state index contributed by atoms with van der Waals surface area (Å²) in [7, 11) is -3.32. The van der Waals surface area contributed by atoms with E-state index in [2.05, 4.69) is 5.32 Å². The number of nitrogens with one attached hydrogen (secondary N) is 1. The largest absolute Gasteiger partial charge is 0.352 e. The first-order valence-corrected chi connectivity index (χ1v) is 9.85. The number of rotatable bonds is 6. The second-order valence-corrected chi connectivity index (χ2v) is 8.22. The molecule has 0 saturated carbocycles. The standard InChI is InChI=1S/C17H26N2O3S/c1-3-17(20)18-16-10-7-11-19(12-16)23(21,22)13-14(2)15-8-5-4-6-9-15/h4-6,8-9,14,16H,3,7,10-13H2,1-2H3,(H,18,20)/t14-,16-/m0/s1. The highest BCUT2D eigenvalue weighted by molar-refractivity contribution is 7.89. The van der Waals surface area contributed by atoms with Gasteiger partial charge >= 0.3 is 0 Å². The van der Waals surface area contributed by atoms with Crippen LogP contribution in [0, 0.1) is 0 Å². The van der Waals surface area contributed by atoms with Gasteiger partial charge in [-0.15, -0.1) is 0 Å². The molecule has 2 rings (SSSR count). The molecular formula is C17H26N2O3S. The Kier molecular flexibility index (Phi) is 6.18. The van der Waals surface area contributed by atoms with Crippen LogP contribution in [0.2, 0.25) is 0 Å². The van der Waals surface area contributed by atoms with E-state index in [1.54, 1.807) is 6.92 Å². The van der Waals surface area contributed by atoms with Crippen molar-refractivity contribution in [3.8, 4) is 0 Å². The van der Waals surface area contributed by atoms with Gasteiger partial charge in [0, 0.05) is 25.6 Å². The van der Waals surface area contributed by atoms with Crippen molar-refractivity contribution in [3.63, 3.8) is 0 Å². The maximum atomic E-state index is 12.7. The molecule has 1 amide bonds. The number of sulfonamides is 1. The van der Waals surface area contributed by atoms with E-state index < -0.39 is 10.0 Å². The van der Waals surface area contributed by atoms with Gasteiger partial charge in [0.1, 0.15) is 0 Å². The van der Waals surface area contributed by atoms with Gasteiger partial charge in [0.15, 0.2) is 0 Å². The number of carbonyl (C=O) groups is 1. The van der Waals surface area contributed by atoms with E-state index in [1.165, 1.54) is 4.31 Å². The van der Waals surface area contributed by atoms with E-state index in [4.69, 9.17) is 0 Å². The number of carbonyl (C=O) groups excluding carboxylic acids is 1. The van der Waals surface area contributed by atoms with Gasteiger partial charge in [-0.25, -0.2) is 8.42 Å². The Hall–Kier alpha value is -1.40. The SMILES string of the molecule is CCC(=O)N[C@H]1CCCN(S(=O)(=O)C[C@H](C)c2ccccc2)C1. The highest BCUT2D eigenvalue weighted by Gasteiger charge is 2.30. The monoisotopic (exact) mass is 338 g/mol. The number of amides is 1. The van der Waals surface area contributed by atoms with Gasteiger partial charge in [0.25, 0.3) is 0 Å². The third-order valence-corrected chi connectivity index (χ3v) is 6.33. The summed E-state index contributed by atoms with van der Waals surface area (Å²) in [4.78, 5) is 11.5. The molecule has 0 aliphatic carbocycles. The minimum absolute atomic E-state index is 0.0214. The van der Waals surface area contributed by atoms with Crippen molar-refractivity contribution in [3.05, 3.63) is 35.9 Å². The Morgan fingerprint density at radius 2 is 2.04 bits per heavy atom. The highest BCUT2D eigenvalue weighted by Crippen LogP contribution is 2.21. The fourth-order valence-corrected chi connectivity index (χ4v) is 4.79. The van der Waals surface area contributed by atoms with Crippen LogP contribution in [-0.4, -0.2) is 43.5 Å².